The number of ether oxygens (including phenoxy) is 1. The Hall–Kier alpha value is -3.13. The predicted molar refractivity (Wildman–Crippen MR) is 102 cm³/mol. The van der Waals surface area contributed by atoms with Crippen LogP contribution in [0.3, 0.4) is 0 Å². The fourth-order valence-corrected chi connectivity index (χ4v) is 3.20. The third-order valence-electron chi connectivity index (χ3n) is 4.47. The van der Waals surface area contributed by atoms with Crippen LogP contribution in [0.2, 0.25) is 5.02 Å². The van der Waals surface area contributed by atoms with Crippen LogP contribution in [0.25, 0.3) is 11.0 Å². The van der Waals surface area contributed by atoms with Crippen molar-refractivity contribution in [3.63, 3.8) is 0 Å². The first-order valence-electron chi connectivity index (χ1n) is 8.76. The summed E-state index contributed by atoms with van der Waals surface area (Å²) in [5, 5.41) is 1.24. The number of nitrogens with zero attached hydrogens (tertiary/aromatic N) is 4. The third-order valence-corrected chi connectivity index (χ3v) is 4.71. The minimum Gasteiger partial charge on any atom is -0.450 e. The molecule has 0 N–H and O–H groups in total. The molecule has 1 aromatic carbocycles. The van der Waals surface area contributed by atoms with Gasteiger partial charge in [-0.2, -0.15) is 0 Å². The average Bonchev–Trinajstić information content (AvgIpc) is 3.16. The van der Waals surface area contributed by atoms with Crippen LogP contribution in [0.15, 0.2) is 47.1 Å². The van der Waals surface area contributed by atoms with Gasteiger partial charge < -0.3 is 19.0 Å². The molecule has 3 heterocycles. The Morgan fingerprint density at radius 2 is 1.86 bits per heavy atom. The molecule has 4 rings (SSSR count). The average molecular weight is 401 g/mol. The van der Waals surface area contributed by atoms with E-state index in [-0.39, 0.29) is 18.3 Å². The second-order valence-corrected chi connectivity index (χ2v) is 6.72. The first kappa shape index (κ1) is 18.2. The summed E-state index contributed by atoms with van der Waals surface area (Å²) in [6, 6.07) is 8.35. The maximum atomic E-state index is 12.3. The van der Waals surface area contributed by atoms with Crippen LogP contribution in [-0.4, -0.2) is 59.5 Å². The minimum atomic E-state index is -0.683. The monoisotopic (exact) mass is 400 g/mol. The number of furan rings is 1. The van der Waals surface area contributed by atoms with Crippen molar-refractivity contribution in [3.8, 4) is 0 Å². The van der Waals surface area contributed by atoms with Crippen molar-refractivity contribution < 1.29 is 18.7 Å². The fraction of sp³-hybridized carbons (Fsp3) is 0.263. The number of carbonyl (C=O) groups is 2. The highest BCUT2D eigenvalue weighted by molar-refractivity contribution is 6.31. The molecule has 0 radical (unpaired) electrons. The summed E-state index contributed by atoms with van der Waals surface area (Å²) in [6.45, 7) is 1.93. The van der Waals surface area contributed by atoms with Crippen molar-refractivity contribution in [2.45, 2.75) is 0 Å². The minimum absolute atomic E-state index is 0.0381. The number of halogens is 1. The summed E-state index contributed by atoms with van der Waals surface area (Å²) in [7, 11) is 0. The van der Waals surface area contributed by atoms with Gasteiger partial charge in [0.25, 0.3) is 5.91 Å². The number of benzene rings is 1. The van der Waals surface area contributed by atoms with Crippen LogP contribution < -0.4 is 4.90 Å². The lowest BCUT2D eigenvalue weighted by Gasteiger charge is -2.34. The van der Waals surface area contributed by atoms with E-state index in [1.807, 2.05) is 4.90 Å². The van der Waals surface area contributed by atoms with Gasteiger partial charge in [0.1, 0.15) is 5.58 Å². The zero-order valence-corrected chi connectivity index (χ0v) is 15.6. The van der Waals surface area contributed by atoms with E-state index < -0.39 is 5.97 Å². The van der Waals surface area contributed by atoms with E-state index in [4.69, 9.17) is 20.8 Å². The van der Waals surface area contributed by atoms with Gasteiger partial charge in [0.2, 0.25) is 11.7 Å². The van der Waals surface area contributed by atoms with Gasteiger partial charge in [-0.25, -0.2) is 14.8 Å². The summed E-state index contributed by atoms with van der Waals surface area (Å²) < 4.78 is 10.6. The number of piperazine rings is 1. The normalized spacial score (nSPS) is 14.3. The van der Waals surface area contributed by atoms with Gasteiger partial charge in [-0.15, -0.1) is 0 Å². The van der Waals surface area contributed by atoms with Gasteiger partial charge in [-0.1, -0.05) is 11.6 Å². The standard InChI is InChI=1S/C19H17ClN4O4/c20-14-2-3-15-13(10-14)11-16(28-15)18(26)27-12-17(25)23-6-8-24(9-7-23)19-21-4-1-5-22-19/h1-5,10-11H,6-9,12H2. The molecule has 144 valence electrons. The molecule has 0 bridgehead atoms. The van der Waals surface area contributed by atoms with Gasteiger partial charge in [-0.3, -0.25) is 4.79 Å². The Labute approximate surface area is 165 Å². The maximum absolute atomic E-state index is 12.3. The Morgan fingerprint density at radius 1 is 1.11 bits per heavy atom. The van der Waals surface area contributed by atoms with E-state index in [1.54, 1.807) is 47.6 Å². The number of fused-ring (bicyclic) bond motifs is 1. The largest absolute Gasteiger partial charge is 0.450 e. The second kappa shape index (κ2) is 7.85. The van der Waals surface area contributed by atoms with E-state index in [1.165, 1.54) is 0 Å². The zero-order valence-electron chi connectivity index (χ0n) is 14.9. The molecule has 3 aromatic rings. The first-order chi connectivity index (χ1) is 13.6. The van der Waals surface area contributed by atoms with Crippen molar-refractivity contribution in [2.75, 3.05) is 37.7 Å². The van der Waals surface area contributed by atoms with E-state index in [9.17, 15) is 9.59 Å². The van der Waals surface area contributed by atoms with Gasteiger partial charge in [0.15, 0.2) is 6.61 Å². The molecule has 2 aromatic heterocycles. The Morgan fingerprint density at radius 3 is 2.61 bits per heavy atom. The fourth-order valence-electron chi connectivity index (χ4n) is 3.01. The smallest absolute Gasteiger partial charge is 0.374 e. The Balaban J connectivity index is 1.30. The number of hydrogen-bond acceptors (Lipinski definition) is 7. The van der Waals surface area contributed by atoms with E-state index in [0.717, 1.165) is 0 Å². The summed E-state index contributed by atoms with van der Waals surface area (Å²) in [6.07, 6.45) is 3.37. The predicted octanol–water partition coefficient (Wildman–Crippen LogP) is 2.38. The number of amides is 1. The van der Waals surface area contributed by atoms with E-state index in [0.29, 0.717) is 48.1 Å². The molecule has 0 aliphatic carbocycles. The summed E-state index contributed by atoms with van der Waals surface area (Å²) in [4.78, 5) is 36.6. The first-order valence-corrected chi connectivity index (χ1v) is 9.14. The SMILES string of the molecule is O=C(OCC(=O)N1CCN(c2ncccn2)CC1)c1cc2cc(Cl)ccc2o1. The number of esters is 1. The maximum Gasteiger partial charge on any atom is 0.374 e. The van der Waals surface area contributed by atoms with Crippen molar-refractivity contribution in [1.82, 2.24) is 14.9 Å². The number of aromatic nitrogens is 2. The van der Waals surface area contributed by atoms with Crippen LogP contribution in [-0.2, 0) is 9.53 Å². The lowest BCUT2D eigenvalue weighted by atomic mass is 10.2. The third kappa shape index (κ3) is 3.91. The van der Waals surface area contributed by atoms with E-state index >= 15 is 0 Å². The van der Waals surface area contributed by atoms with Gasteiger partial charge in [0, 0.05) is 49.0 Å². The molecule has 1 aliphatic rings. The summed E-state index contributed by atoms with van der Waals surface area (Å²) >= 11 is 5.93. The van der Waals surface area contributed by atoms with Crippen LogP contribution in [0.1, 0.15) is 10.6 Å². The zero-order chi connectivity index (χ0) is 19.5. The molecule has 0 saturated carbocycles. The number of hydrogen-bond donors (Lipinski definition) is 0. The summed E-state index contributed by atoms with van der Waals surface area (Å²) in [5.74, 6) is -0.250. The Bertz CT molecular complexity index is 1000. The van der Waals surface area contributed by atoms with Crippen LogP contribution in [0.4, 0.5) is 5.95 Å². The van der Waals surface area contributed by atoms with Crippen molar-refractivity contribution in [1.29, 1.82) is 0 Å². The van der Waals surface area contributed by atoms with Crippen LogP contribution in [0, 0.1) is 0 Å². The molecule has 28 heavy (non-hydrogen) atoms. The molecule has 1 saturated heterocycles. The van der Waals surface area contributed by atoms with Crippen molar-refractivity contribution >= 4 is 40.4 Å². The molecule has 1 fully saturated rings. The molecule has 9 heteroatoms. The molecular formula is C19H17ClN4O4. The van der Waals surface area contributed by atoms with Crippen molar-refractivity contribution in [2.24, 2.45) is 0 Å². The van der Waals surface area contributed by atoms with Gasteiger partial charge in [-0.05, 0) is 30.3 Å². The Kier molecular flexibility index (Phi) is 5.12. The molecule has 0 unspecified atom stereocenters. The number of carbonyl (C=O) groups excluding carboxylic acids is 2. The molecular weight excluding hydrogens is 384 g/mol. The van der Waals surface area contributed by atoms with Gasteiger partial charge >= 0.3 is 5.97 Å². The molecule has 1 amide bonds. The summed E-state index contributed by atoms with van der Waals surface area (Å²) in [5.41, 5.74) is 0.530. The van der Waals surface area contributed by atoms with Crippen molar-refractivity contribution in [3.05, 3.63) is 53.5 Å². The van der Waals surface area contributed by atoms with Crippen LogP contribution in [0.5, 0.6) is 0 Å². The highest BCUT2D eigenvalue weighted by Crippen LogP contribution is 2.23. The highest BCUT2D eigenvalue weighted by atomic mass is 35.5. The van der Waals surface area contributed by atoms with E-state index in [2.05, 4.69) is 9.97 Å². The molecule has 8 nitrogen and oxygen atoms in total. The quantitative estimate of drug-likeness (QED) is 0.621. The number of anilines is 1. The van der Waals surface area contributed by atoms with Gasteiger partial charge in [0.05, 0.1) is 0 Å². The molecule has 1 aliphatic heterocycles. The molecule has 0 spiro atoms. The number of rotatable bonds is 4. The molecule has 0 atom stereocenters. The van der Waals surface area contributed by atoms with Crippen LogP contribution >= 0.6 is 11.6 Å². The topological polar surface area (TPSA) is 88.8 Å². The lowest BCUT2D eigenvalue weighted by molar-refractivity contribution is -0.134. The second-order valence-electron chi connectivity index (χ2n) is 6.29. The lowest BCUT2D eigenvalue weighted by Crippen LogP contribution is -2.50. The highest BCUT2D eigenvalue weighted by Gasteiger charge is 2.24.